The fourth-order valence-electron chi connectivity index (χ4n) is 0.391. The molecule has 1 aliphatic rings. The van der Waals surface area contributed by atoms with Gasteiger partial charge in [0.2, 0.25) is 0 Å². The normalized spacial score (nSPS) is 31.9. The zero-order valence-electron chi connectivity index (χ0n) is 3.93. The van der Waals surface area contributed by atoms with Crippen molar-refractivity contribution < 1.29 is 9.13 Å². The fourth-order valence-corrected chi connectivity index (χ4v) is 0.391. The first-order valence-corrected chi connectivity index (χ1v) is 2.23. The third-order valence-electron chi connectivity index (χ3n) is 0.939. The van der Waals surface area contributed by atoms with Gasteiger partial charge in [-0.1, -0.05) is 6.08 Å². The van der Waals surface area contributed by atoms with E-state index in [1.807, 2.05) is 0 Å². The highest BCUT2D eigenvalue weighted by molar-refractivity contribution is 4.91. The Kier molecular flexibility index (Phi) is 1.11. The van der Waals surface area contributed by atoms with E-state index in [4.69, 9.17) is 0 Å². The first-order chi connectivity index (χ1) is 3.34. The number of halogens is 1. The van der Waals surface area contributed by atoms with Crippen LogP contribution in [-0.2, 0) is 4.74 Å². The van der Waals surface area contributed by atoms with Gasteiger partial charge in [-0.3, -0.25) is 0 Å². The minimum absolute atomic E-state index is 0.169. The van der Waals surface area contributed by atoms with Gasteiger partial charge in [-0.05, 0) is 0 Å². The second kappa shape index (κ2) is 1.62. The van der Waals surface area contributed by atoms with Crippen LogP contribution in [0.4, 0.5) is 4.39 Å². The Bertz CT molecular complexity index is 78.1. The molecule has 2 heteroatoms. The van der Waals surface area contributed by atoms with Crippen LogP contribution < -0.4 is 0 Å². The van der Waals surface area contributed by atoms with Crippen molar-refractivity contribution in [2.75, 3.05) is 6.61 Å². The van der Waals surface area contributed by atoms with Gasteiger partial charge in [0.05, 0.1) is 6.61 Å². The lowest BCUT2D eigenvalue weighted by Gasteiger charge is -1.89. The highest BCUT2D eigenvalue weighted by atomic mass is 19.1. The predicted molar refractivity (Wildman–Crippen MR) is 24.8 cm³/mol. The molecule has 0 spiro atoms. The third-order valence-corrected chi connectivity index (χ3v) is 0.939. The van der Waals surface area contributed by atoms with Gasteiger partial charge in [-0.25, -0.2) is 4.39 Å². The van der Waals surface area contributed by atoms with E-state index < -0.39 is 6.17 Å². The number of hydrogen-bond donors (Lipinski definition) is 0. The Labute approximate surface area is 41.8 Å². The number of rotatable bonds is 2. The quantitative estimate of drug-likeness (QED) is 0.373. The topological polar surface area (TPSA) is 12.5 Å². The molecule has 1 rings (SSSR count). The molecule has 1 aliphatic heterocycles. The lowest BCUT2D eigenvalue weighted by atomic mass is 10.3. The van der Waals surface area contributed by atoms with Crippen molar-refractivity contribution in [3.63, 3.8) is 0 Å². The van der Waals surface area contributed by atoms with Gasteiger partial charge in [0.1, 0.15) is 12.3 Å². The molecular formula is C5H7FO. The van der Waals surface area contributed by atoms with Gasteiger partial charge in [-0.15, -0.1) is 6.58 Å². The smallest absolute Gasteiger partial charge is 0.146 e. The molecule has 1 saturated heterocycles. The van der Waals surface area contributed by atoms with Crippen LogP contribution in [0.5, 0.6) is 0 Å². The molecule has 7 heavy (non-hydrogen) atoms. The van der Waals surface area contributed by atoms with Gasteiger partial charge in [-0.2, -0.15) is 0 Å². The maximum absolute atomic E-state index is 12.1. The molecule has 0 aliphatic carbocycles. The van der Waals surface area contributed by atoms with Gasteiger partial charge in [0.25, 0.3) is 0 Å². The lowest BCUT2D eigenvalue weighted by molar-refractivity contribution is 0.292. The Hall–Kier alpha value is -0.370. The Morgan fingerprint density at radius 2 is 2.57 bits per heavy atom. The van der Waals surface area contributed by atoms with E-state index in [-0.39, 0.29) is 6.10 Å². The standard InChI is InChI=1S/C5H7FO/c1-2-4(6)5-3-7-5/h2,4-5H,1,3H2. The SMILES string of the molecule is C=CC(F)C1CO1. The Morgan fingerprint density at radius 1 is 2.00 bits per heavy atom. The molecule has 0 aromatic rings. The maximum atomic E-state index is 12.1. The molecule has 2 unspecified atom stereocenters. The summed E-state index contributed by atoms with van der Waals surface area (Å²) in [5.41, 5.74) is 0. The summed E-state index contributed by atoms with van der Waals surface area (Å²) < 4.78 is 16.7. The van der Waals surface area contributed by atoms with E-state index >= 15 is 0 Å². The number of alkyl halides is 1. The Morgan fingerprint density at radius 3 is 2.71 bits per heavy atom. The molecule has 0 amide bonds. The van der Waals surface area contributed by atoms with E-state index in [1.165, 1.54) is 6.08 Å². The summed E-state index contributed by atoms with van der Waals surface area (Å²) in [5, 5.41) is 0. The maximum Gasteiger partial charge on any atom is 0.146 e. The molecule has 0 aromatic heterocycles. The Balaban J connectivity index is 2.22. The largest absolute Gasteiger partial charge is 0.370 e. The third kappa shape index (κ3) is 0.996. The summed E-state index contributed by atoms with van der Waals surface area (Å²) in [7, 11) is 0. The zero-order valence-corrected chi connectivity index (χ0v) is 3.93. The minimum Gasteiger partial charge on any atom is -0.370 e. The van der Waals surface area contributed by atoms with Crippen LogP contribution in [0, 0.1) is 0 Å². The molecule has 0 N–H and O–H groups in total. The monoisotopic (exact) mass is 102 g/mol. The van der Waals surface area contributed by atoms with Crippen molar-refractivity contribution in [2.24, 2.45) is 0 Å². The van der Waals surface area contributed by atoms with E-state index in [0.29, 0.717) is 6.61 Å². The van der Waals surface area contributed by atoms with Crippen molar-refractivity contribution in [1.82, 2.24) is 0 Å². The molecule has 2 atom stereocenters. The summed E-state index contributed by atoms with van der Waals surface area (Å²) in [6, 6.07) is 0. The molecule has 0 radical (unpaired) electrons. The van der Waals surface area contributed by atoms with Gasteiger partial charge < -0.3 is 4.74 Å². The highest BCUT2D eigenvalue weighted by Gasteiger charge is 2.30. The minimum atomic E-state index is -0.944. The first-order valence-electron chi connectivity index (χ1n) is 2.23. The number of hydrogen-bond acceptors (Lipinski definition) is 1. The number of ether oxygens (including phenoxy) is 1. The second-order valence-corrected chi connectivity index (χ2v) is 1.55. The summed E-state index contributed by atoms with van der Waals surface area (Å²) in [4.78, 5) is 0. The van der Waals surface area contributed by atoms with Crippen LogP contribution in [0.3, 0.4) is 0 Å². The van der Waals surface area contributed by atoms with Crippen molar-refractivity contribution in [3.05, 3.63) is 12.7 Å². The summed E-state index contributed by atoms with van der Waals surface area (Å²) in [5.74, 6) is 0. The van der Waals surface area contributed by atoms with Gasteiger partial charge in [0.15, 0.2) is 0 Å². The van der Waals surface area contributed by atoms with E-state index in [9.17, 15) is 4.39 Å². The molecular weight excluding hydrogens is 95.1 g/mol. The van der Waals surface area contributed by atoms with Crippen molar-refractivity contribution in [2.45, 2.75) is 12.3 Å². The van der Waals surface area contributed by atoms with Gasteiger partial charge in [0, 0.05) is 0 Å². The molecule has 0 aromatic carbocycles. The summed E-state index contributed by atoms with van der Waals surface area (Å²) >= 11 is 0. The van der Waals surface area contributed by atoms with Crippen molar-refractivity contribution in [3.8, 4) is 0 Å². The van der Waals surface area contributed by atoms with Crippen molar-refractivity contribution in [1.29, 1.82) is 0 Å². The highest BCUT2D eigenvalue weighted by Crippen LogP contribution is 2.16. The van der Waals surface area contributed by atoms with E-state index in [2.05, 4.69) is 11.3 Å². The van der Waals surface area contributed by atoms with Crippen LogP contribution in [0.15, 0.2) is 12.7 Å². The average Bonchev–Trinajstić information content (AvgIpc) is 2.44. The molecule has 1 fully saturated rings. The van der Waals surface area contributed by atoms with Crippen LogP contribution in [0.1, 0.15) is 0 Å². The first kappa shape index (κ1) is 4.78. The summed E-state index contributed by atoms with van der Waals surface area (Å²) in [6.45, 7) is 3.83. The van der Waals surface area contributed by atoms with Crippen LogP contribution in [0.25, 0.3) is 0 Å². The van der Waals surface area contributed by atoms with Crippen LogP contribution in [0.2, 0.25) is 0 Å². The molecule has 0 saturated carbocycles. The van der Waals surface area contributed by atoms with Crippen LogP contribution >= 0.6 is 0 Å². The fraction of sp³-hybridized carbons (Fsp3) is 0.600. The van der Waals surface area contributed by atoms with E-state index in [1.54, 1.807) is 0 Å². The molecule has 40 valence electrons. The summed E-state index contributed by atoms with van der Waals surface area (Å²) in [6.07, 6.45) is 0.148. The van der Waals surface area contributed by atoms with Gasteiger partial charge >= 0.3 is 0 Å². The number of epoxide rings is 1. The lowest BCUT2D eigenvalue weighted by Crippen LogP contribution is -2.02. The second-order valence-electron chi connectivity index (χ2n) is 1.55. The zero-order chi connectivity index (χ0) is 5.28. The van der Waals surface area contributed by atoms with E-state index in [0.717, 1.165) is 0 Å². The molecule has 0 bridgehead atoms. The molecule has 1 heterocycles. The van der Waals surface area contributed by atoms with Crippen molar-refractivity contribution >= 4 is 0 Å². The molecule has 1 nitrogen and oxygen atoms in total. The van der Waals surface area contributed by atoms with Crippen LogP contribution in [-0.4, -0.2) is 18.9 Å². The predicted octanol–water partition coefficient (Wildman–Crippen LogP) is 0.909. The average molecular weight is 102 g/mol.